The smallest absolute Gasteiger partial charge is 0.364 e. The lowest BCUT2D eigenvalue weighted by molar-refractivity contribution is -0.386. The van der Waals surface area contributed by atoms with Crippen LogP contribution in [0.5, 0.6) is 0 Å². The molecular weight excluding hydrogens is 1130 g/mol. The van der Waals surface area contributed by atoms with Gasteiger partial charge in [0, 0.05) is 19.8 Å². The summed E-state index contributed by atoms with van der Waals surface area (Å²) in [7, 11) is 0. The topological polar surface area (TPSA) is 373 Å². The van der Waals surface area contributed by atoms with Gasteiger partial charge < -0.3 is 100 Å². The average molecular weight is 1250 g/mol. The van der Waals surface area contributed by atoms with E-state index in [1.807, 2.05) is 0 Å². The highest BCUT2D eigenvalue weighted by molar-refractivity contribution is 5.77. The number of carbonyl (C=O) groups is 3. The number of nitrogens with one attached hydrogen (secondary N) is 2. The Balaban J connectivity index is 1.53. The first kappa shape index (κ1) is 79.0. The first-order valence-corrected chi connectivity index (χ1v) is 33.9. The van der Waals surface area contributed by atoms with Crippen molar-refractivity contribution in [1.82, 2.24) is 10.6 Å². The Morgan fingerprint density at radius 2 is 1.00 bits per heavy atom. The Morgan fingerprint density at radius 1 is 0.552 bits per heavy atom. The van der Waals surface area contributed by atoms with E-state index in [1.54, 1.807) is 0 Å². The summed E-state index contributed by atoms with van der Waals surface area (Å²) in [6.07, 6.45) is 11.5. The van der Waals surface area contributed by atoms with Gasteiger partial charge in [-0.2, -0.15) is 0 Å². The molecule has 14 N–H and O–H groups in total. The van der Waals surface area contributed by atoms with Crippen molar-refractivity contribution in [3.63, 3.8) is 0 Å². The number of carbonyl (C=O) groups excluding carboxylic acids is 2. The van der Waals surface area contributed by atoms with Crippen LogP contribution in [0.1, 0.15) is 252 Å². The highest BCUT2D eigenvalue weighted by atomic mass is 16.8. The molecule has 3 aliphatic heterocycles. The number of amides is 2. The van der Waals surface area contributed by atoms with E-state index in [4.69, 9.17) is 28.4 Å². The first-order chi connectivity index (χ1) is 41.9. The molecule has 87 heavy (non-hydrogen) atoms. The van der Waals surface area contributed by atoms with Crippen LogP contribution in [0.3, 0.4) is 0 Å². The Kier molecular flexibility index (Phi) is 41.7. The second kappa shape index (κ2) is 45.9. The van der Waals surface area contributed by atoms with Crippen LogP contribution < -0.4 is 10.6 Å². The van der Waals surface area contributed by atoms with Crippen molar-refractivity contribution in [3.8, 4) is 0 Å². The summed E-state index contributed by atoms with van der Waals surface area (Å²) < 4.78 is 34.8. The quantitative estimate of drug-likeness (QED) is 0.0342. The van der Waals surface area contributed by atoms with Crippen LogP contribution in [0, 0.1) is 0 Å². The number of ether oxygens (including phenoxy) is 6. The summed E-state index contributed by atoms with van der Waals surface area (Å²) in [6, 6.07) is -2.52. The fourth-order valence-corrected chi connectivity index (χ4v) is 12.1. The van der Waals surface area contributed by atoms with Gasteiger partial charge in [-0.15, -0.1) is 0 Å². The van der Waals surface area contributed by atoms with Crippen LogP contribution in [0.15, 0.2) is 0 Å². The maximum atomic E-state index is 13.4. The van der Waals surface area contributed by atoms with E-state index in [0.717, 1.165) is 51.9 Å². The molecule has 0 aliphatic carbocycles. The van der Waals surface area contributed by atoms with Crippen molar-refractivity contribution in [2.24, 2.45) is 0 Å². The van der Waals surface area contributed by atoms with Gasteiger partial charge in [-0.3, -0.25) is 9.59 Å². The molecule has 3 heterocycles. The van der Waals surface area contributed by atoms with Crippen LogP contribution in [-0.4, -0.2) is 215 Å². The van der Waals surface area contributed by atoms with Gasteiger partial charge in [0.15, 0.2) is 12.6 Å². The Labute approximate surface area is 519 Å². The zero-order chi connectivity index (χ0) is 64.0. The minimum Gasteiger partial charge on any atom is -0.477 e. The van der Waals surface area contributed by atoms with Crippen LogP contribution in [-0.2, 0) is 42.8 Å². The van der Waals surface area contributed by atoms with E-state index in [2.05, 4.69) is 24.5 Å². The van der Waals surface area contributed by atoms with Gasteiger partial charge in [-0.1, -0.05) is 219 Å². The van der Waals surface area contributed by atoms with Crippen LogP contribution in [0.25, 0.3) is 0 Å². The zero-order valence-corrected chi connectivity index (χ0v) is 53.1. The molecule has 18 atom stereocenters. The van der Waals surface area contributed by atoms with E-state index >= 15 is 0 Å². The SMILES string of the molecule is CCCCCCCCCCCCCCCCCCCCCCCCCCC(=O)NC(COC1OC(CO)C(OC2OC(CO)C(O)C(OC3(C(=O)O)CC(O)C(NC(C)=O)C(C(O)C(O)CO)O3)C2O)C(O)C1O)C(O)CCCCCCCCCCC. The standard InChI is InChI=1S/C64H120N2O21/c1-4-6-8-10-12-14-15-16-17-18-19-20-21-22-23-24-25-26-27-28-30-32-34-36-38-51(74)66-45(46(71)37-35-33-31-29-13-11-9-7-5-2)43-82-61-56(78)55(77)58(50(42-69)84-61)85-62-57(79)60(54(76)49(41-68)83-62)87-64(63(80)81)39-47(72)52(65-44(3)70)59(86-64)53(75)48(73)40-67/h45-50,52-62,67-69,71-73,75-79H,4-43H2,1-3H3,(H,65,70)(H,66,74)(H,80,81). The lowest BCUT2D eigenvalue weighted by Gasteiger charge is -2.50. The van der Waals surface area contributed by atoms with E-state index < -0.39 is 148 Å². The third-order valence-corrected chi connectivity index (χ3v) is 17.6. The van der Waals surface area contributed by atoms with Gasteiger partial charge >= 0.3 is 5.97 Å². The minimum absolute atomic E-state index is 0.228. The molecule has 3 saturated heterocycles. The Morgan fingerprint density at radius 3 is 1.44 bits per heavy atom. The molecule has 3 fully saturated rings. The lowest BCUT2D eigenvalue weighted by Crippen LogP contribution is -2.70. The van der Waals surface area contributed by atoms with E-state index in [1.165, 1.54) is 154 Å². The van der Waals surface area contributed by atoms with Gasteiger partial charge in [-0.25, -0.2) is 4.79 Å². The van der Waals surface area contributed by atoms with Crippen LogP contribution >= 0.6 is 0 Å². The number of unbranched alkanes of at least 4 members (excludes halogenated alkanes) is 31. The molecule has 23 heteroatoms. The average Bonchev–Trinajstić information content (AvgIpc) is 0.844. The summed E-state index contributed by atoms with van der Waals surface area (Å²) in [5.74, 6) is -6.09. The molecule has 0 saturated carbocycles. The predicted octanol–water partition coefficient (Wildman–Crippen LogP) is 5.34. The molecule has 3 rings (SSSR count). The molecule has 0 spiro atoms. The van der Waals surface area contributed by atoms with Crippen molar-refractivity contribution >= 4 is 17.8 Å². The van der Waals surface area contributed by atoms with Gasteiger partial charge in [0.05, 0.1) is 50.7 Å². The largest absolute Gasteiger partial charge is 0.477 e. The highest BCUT2D eigenvalue weighted by Crippen LogP contribution is 2.39. The van der Waals surface area contributed by atoms with E-state index in [9.17, 15) is 75.7 Å². The van der Waals surface area contributed by atoms with Crippen LogP contribution in [0.4, 0.5) is 0 Å². The number of aliphatic carboxylic acids is 1. The van der Waals surface area contributed by atoms with Crippen molar-refractivity contribution < 1.29 is 104 Å². The molecule has 0 aromatic carbocycles. The number of aliphatic hydroxyl groups is 11. The summed E-state index contributed by atoms with van der Waals surface area (Å²) >= 11 is 0. The van der Waals surface area contributed by atoms with Crippen LogP contribution in [0.2, 0.25) is 0 Å². The molecule has 3 aliphatic rings. The summed E-state index contributed by atoms with van der Waals surface area (Å²) in [6.45, 7) is 2.17. The minimum atomic E-state index is -3.08. The monoisotopic (exact) mass is 1250 g/mol. The molecule has 2 amide bonds. The summed E-state index contributed by atoms with van der Waals surface area (Å²) in [4.78, 5) is 38.4. The molecule has 0 radical (unpaired) electrons. The van der Waals surface area contributed by atoms with Crippen molar-refractivity contribution in [2.45, 2.75) is 362 Å². The molecule has 0 bridgehead atoms. The maximum Gasteiger partial charge on any atom is 0.364 e. The lowest BCUT2D eigenvalue weighted by atomic mass is 9.88. The Bertz CT molecular complexity index is 1780. The van der Waals surface area contributed by atoms with Crippen molar-refractivity contribution in [1.29, 1.82) is 0 Å². The van der Waals surface area contributed by atoms with Gasteiger partial charge in [0.25, 0.3) is 5.79 Å². The molecule has 18 unspecified atom stereocenters. The van der Waals surface area contributed by atoms with E-state index in [0.29, 0.717) is 19.3 Å². The van der Waals surface area contributed by atoms with Gasteiger partial charge in [-0.05, 0) is 12.8 Å². The fraction of sp³-hybridized carbons (Fsp3) is 0.953. The second-order valence-electron chi connectivity index (χ2n) is 25.0. The number of rotatable bonds is 51. The summed E-state index contributed by atoms with van der Waals surface area (Å²) in [5, 5.41) is 136. The van der Waals surface area contributed by atoms with Gasteiger partial charge in [0.1, 0.15) is 67.1 Å². The highest BCUT2D eigenvalue weighted by Gasteiger charge is 2.60. The zero-order valence-electron chi connectivity index (χ0n) is 53.1. The van der Waals surface area contributed by atoms with E-state index in [-0.39, 0.29) is 18.9 Å². The fourth-order valence-electron chi connectivity index (χ4n) is 12.1. The second-order valence-corrected chi connectivity index (χ2v) is 25.0. The number of hydrogen-bond donors (Lipinski definition) is 14. The van der Waals surface area contributed by atoms with Crippen molar-refractivity contribution in [2.75, 3.05) is 26.4 Å². The first-order valence-electron chi connectivity index (χ1n) is 33.9. The molecule has 0 aromatic heterocycles. The summed E-state index contributed by atoms with van der Waals surface area (Å²) in [5.41, 5.74) is 0. The maximum absolute atomic E-state index is 13.4. The molecule has 23 nitrogen and oxygen atoms in total. The van der Waals surface area contributed by atoms with Crippen molar-refractivity contribution in [3.05, 3.63) is 0 Å². The number of carboxylic acids is 1. The molecular formula is C64H120N2O21. The Hall–Kier alpha value is -2.27. The number of carboxylic acid groups (broad SMARTS) is 1. The normalized spacial score (nSPS) is 29.1. The number of aliphatic hydroxyl groups excluding tert-OH is 11. The third-order valence-electron chi connectivity index (χ3n) is 17.6. The molecule has 512 valence electrons. The molecule has 0 aromatic rings. The predicted molar refractivity (Wildman–Crippen MR) is 325 cm³/mol. The number of hydrogen-bond acceptors (Lipinski definition) is 20. The van der Waals surface area contributed by atoms with Gasteiger partial charge in [0.2, 0.25) is 11.8 Å². The third kappa shape index (κ3) is 29.1.